The standard InChI is InChI=1S/C16H21N5O3/c1-11-17-6-9-20(11)8-5-12-4-2-3-7-21(12)15(23)13-10-14(22)19-16(24)18-13/h6,9-10,12H,2-5,7-8H2,1H3,(H2,18,19,22,24). The van der Waals surface area contributed by atoms with Crippen molar-refractivity contribution in [2.45, 2.75) is 45.2 Å². The Hall–Kier alpha value is -2.64. The normalized spacial score (nSPS) is 17.9. The molecular formula is C16H21N5O3. The maximum atomic E-state index is 12.7. The molecule has 8 nitrogen and oxygen atoms in total. The molecule has 0 saturated carbocycles. The largest absolute Gasteiger partial charge is 0.335 e. The van der Waals surface area contributed by atoms with Crippen LogP contribution in [0, 0.1) is 6.92 Å². The minimum atomic E-state index is -0.659. The summed E-state index contributed by atoms with van der Waals surface area (Å²) in [7, 11) is 0. The lowest BCUT2D eigenvalue weighted by Crippen LogP contribution is -2.45. The molecule has 8 heteroatoms. The Balaban J connectivity index is 1.76. The van der Waals surface area contributed by atoms with Gasteiger partial charge in [-0.25, -0.2) is 9.78 Å². The van der Waals surface area contributed by atoms with E-state index in [-0.39, 0.29) is 17.6 Å². The molecule has 2 aromatic rings. The van der Waals surface area contributed by atoms with Gasteiger partial charge in [0.1, 0.15) is 11.5 Å². The van der Waals surface area contributed by atoms with Crippen LogP contribution in [-0.4, -0.2) is 42.9 Å². The van der Waals surface area contributed by atoms with E-state index in [1.165, 1.54) is 0 Å². The van der Waals surface area contributed by atoms with Gasteiger partial charge in [-0.05, 0) is 32.6 Å². The maximum Gasteiger partial charge on any atom is 0.326 e. The van der Waals surface area contributed by atoms with Crippen molar-refractivity contribution in [3.8, 4) is 0 Å². The fourth-order valence-electron chi connectivity index (χ4n) is 3.23. The number of likely N-dealkylation sites (tertiary alicyclic amines) is 1. The van der Waals surface area contributed by atoms with Crippen LogP contribution in [0.5, 0.6) is 0 Å². The molecule has 1 aliphatic rings. The van der Waals surface area contributed by atoms with Gasteiger partial charge < -0.3 is 14.5 Å². The number of aromatic nitrogens is 4. The summed E-state index contributed by atoms with van der Waals surface area (Å²) in [5, 5.41) is 0. The average Bonchev–Trinajstić information content (AvgIpc) is 2.97. The van der Waals surface area contributed by atoms with Crippen LogP contribution in [0.2, 0.25) is 0 Å². The summed E-state index contributed by atoms with van der Waals surface area (Å²) < 4.78 is 2.06. The average molecular weight is 331 g/mol. The van der Waals surface area contributed by atoms with Crippen molar-refractivity contribution in [2.24, 2.45) is 0 Å². The third kappa shape index (κ3) is 3.47. The van der Waals surface area contributed by atoms with Crippen molar-refractivity contribution < 1.29 is 4.79 Å². The number of nitrogens with zero attached hydrogens (tertiary/aromatic N) is 3. The van der Waals surface area contributed by atoms with Crippen LogP contribution < -0.4 is 11.2 Å². The highest BCUT2D eigenvalue weighted by Gasteiger charge is 2.28. The number of imidazole rings is 1. The highest BCUT2D eigenvalue weighted by atomic mass is 16.2. The number of H-pyrrole nitrogens is 2. The van der Waals surface area contributed by atoms with E-state index >= 15 is 0 Å². The lowest BCUT2D eigenvalue weighted by molar-refractivity contribution is 0.0588. The Bertz CT molecular complexity index is 806. The topological polar surface area (TPSA) is 104 Å². The summed E-state index contributed by atoms with van der Waals surface area (Å²) in [6, 6.07) is 1.24. The third-order valence-electron chi connectivity index (χ3n) is 4.51. The summed E-state index contributed by atoms with van der Waals surface area (Å²) in [4.78, 5) is 46.1. The molecule has 1 saturated heterocycles. The Morgan fingerprint density at radius 3 is 2.88 bits per heavy atom. The second kappa shape index (κ2) is 6.86. The number of aromatic amines is 2. The number of piperidine rings is 1. The molecule has 2 aromatic heterocycles. The number of aryl methyl sites for hydroxylation is 2. The van der Waals surface area contributed by atoms with Gasteiger partial charge in [0.05, 0.1) is 0 Å². The lowest BCUT2D eigenvalue weighted by atomic mass is 9.98. The van der Waals surface area contributed by atoms with Crippen molar-refractivity contribution in [3.05, 3.63) is 50.8 Å². The molecular weight excluding hydrogens is 310 g/mol. The third-order valence-corrected chi connectivity index (χ3v) is 4.51. The van der Waals surface area contributed by atoms with Crippen LogP contribution in [0.3, 0.4) is 0 Å². The minimum absolute atomic E-state index is 0.0504. The minimum Gasteiger partial charge on any atom is -0.335 e. The molecule has 0 aliphatic carbocycles. The molecule has 0 aromatic carbocycles. The molecule has 0 spiro atoms. The second-order valence-electron chi connectivity index (χ2n) is 6.11. The van der Waals surface area contributed by atoms with E-state index in [1.807, 2.05) is 13.1 Å². The van der Waals surface area contributed by atoms with Gasteiger partial charge in [0.2, 0.25) is 0 Å². The molecule has 1 fully saturated rings. The van der Waals surface area contributed by atoms with Crippen LogP contribution in [0.25, 0.3) is 0 Å². The Kier molecular flexibility index (Phi) is 4.64. The van der Waals surface area contributed by atoms with E-state index < -0.39 is 11.2 Å². The van der Waals surface area contributed by atoms with E-state index in [0.717, 1.165) is 44.1 Å². The van der Waals surface area contributed by atoms with E-state index in [0.29, 0.717) is 6.54 Å². The van der Waals surface area contributed by atoms with Crippen molar-refractivity contribution in [2.75, 3.05) is 6.54 Å². The maximum absolute atomic E-state index is 12.7. The first-order valence-electron chi connectivity index (χ1n) is 8.17. The monoisotopic (exact) mass is 331 g/mol. The van der Waals surface area contributed by atoms with Gasteiger partial charge in [0, 0.05) is 37.6 Å². The molecule has 3 heterocycles. The predicted molar refractivity (Wildman–Crippen MR) is 87.9 cm³/mol. The zero-order valence-corrected chi connectivity index (χ0v) is 13.6. The van der Waals surface area contributed by atoms with Crippen LogP contribution in [0.1, 0.15) is 42.0 Å². The first kappa shape index (κ1) is 16.2. The van der Waals surface area contributed by atoms with Crippen molar-refractivity contribution in [3.63, 3.8) is 0 Å². The molecule has 2 N–H and O–H groups in total. The molecule has 1 atom stereocenters. The highest BCUT2D eigenvalue weighted by molar-refractivity contribution is 5.92. The first-order valence-corrected chi connectivity index (χ1v) is 8.17. The fourth-order valence-corrected chi connectivity index (χ4v) is 3.23. The summed E-state index contributed by atoms with van der Waals surface area (Å²) in [6.07, 6.45) is 7.44. The summed E-state index contributed by atoms with van der Waals surface area (Å²) >= 11 is 0. The number of nitrogens with one attached hydrogen (secondary N) is 2. The lowest BCUT2D eigenvalue weighted by Gasteiger charge is -2.36. The molecule has 128 valence electrons. The Morgan fingerprint density at radius 1 is 1.33 bits per heavy atom. The summed E-state index contributed by atoms with van der Waals surface area (Å²) in [5.41, 5.74) is -1.17. The van der Waals surface area contributed by atoms with Gasteiger partial charge in [0.15, 0.2) is 0 Å². The van der Waals surface area contributed by atoms with Crippen LogP contribution >= 0.6 is 0 Å². The molecule has 0 radical (unpaired) electrons. The van der Waals surface area contributed by atoms with Gasteiger partial charge in [-0.1, -0.05) is 0 Å². The van der Waals surface area contributed by atoms with Crippen molar-refractivity contribution in [1.82, 2.24) is 24.4 Å². The number of carbonyl (C=O) groups is 1. The van der Waals surface area contributed by atoms with Gasteiger partial charge in [-0.15, -0.1) is 0 Å². The smallest absolute Gasteiger partial charge is 0.326 e. The summed E-state index contributed by atoms with van der Waals surface area (Å²) in [5.74, 6) is 0.660. The number of amides is 1. The van der Waals surface area contributed by atoms with Crippen LogP contribution in [-0.2, 0) is 6.54 Å². The van der Waals surface area contributed by atoms with Gasteiger partial charge >= 0.3 is 5.69 Å². The van der Waals surface area contributed by atoms with E-state index in [4.69, 9.17) is 0 Å². The quantitative estimate of drug-likeness (QED) is 0.858. The number of carbonyl (C=O) groups excluding carboxylic acids is 1. The predicted octanol–water partition coefficient (Wildman–Crippen LogP) is 0.653. The molecule has 24 heavy (non-hydrogen) atoms. The Labute approximate surface area is 138 Å². The van der Waals surface area contributed by atoms with Crippen molar-refractivity contribution >= 4 is 5.91 Å². The zero-order valence-electron chi connectivity index (χ0n) is 13.6. The van der Waals surface area contributed by atoms with Gasteiger partial charge in [-0.2, -0.15) is 0 Å². The molecule has 1 unspecified atom stereocenters. The second-order valence-corrected chi connectivity index (χ2v) is 6.11. The van der Waals surface area contributed by atoms with Gasteiger partial charge in [0.25, 0.3) is 11.5 Å². The van der Waals surface area contributed by atoms with Crippen LogP contribution in [0.4, 0.5) is 0 Å². The van der Waals surface area contributed by atoms with E-state index in [1.54, 1.807) is 11.1 Å². The Morgan fingerprint density at radius 2 is 2.17 bits per heavy atom. The number of hydrogen-bond acceptors (Lipinski definition) is 4. The van der Waals surface area contributed by atoms with Crippen LogP contribution in [0.15, 0.2) is 28.0 Å². The SMILES string of the molecule is Cc1nccn1CCC1CCCCN1C(=O)c1cc(=O)[nH]c(=O)[nH]1. The number of rotatable bonds is 4. The van der Waals surface area contributed by atoms with E-state index in [2.05, 4.69) is 19.5 Å². The van der Waals surface area contributed by atoms with Crippen molar-refractivity contribution in [1.29, 1.82) is 0 Å². The molecule has 3 rings (SSSR count). The fraction of sp³-hybridized carbons (Fsp3) is 0.500. The van der Waals surface area contributed by atoms with E-state index in [9.17, 15) is 14.4 Å². The zero-order chi connectivity index (χ0) is 17.1. The van der Waals surface area contributed by atoms with Gasteiger partial charge in [-0.3, -0.25) is 14.6 Å². The molecule has 0 bridgehead atoms. The highest BCUT2D eigenvalue weighted by Crippen LogP contribution is 2.22. The molecule has 1 aliphatic heterocycles. The first-order chi connectivity index (χ1) is 11.5. The molecule has 1 amide bonds. The summed E-state index contributed by atoms with van der Waals surface area (Å²) in [6.45, 7) is 3.37. The number of hydrogen-bond donors (Lipinski definition) is 2.